The fourth-order valence-electron chi connectivity index (χ4n) is 1.34. The monoisotopic (exact) mass is 273 g/mol. The first-order chi connectivity index (χ1) is 9.13. The lowest BCUT2D eigenvalue weighted by Crippen LogP contribution is -2.24. The third-order valence-corrected chi connectivity index (χ3v) is 2.13. The Hall–Kier alpha value is -1.63. The fourth-order valence-corrected chi connectivity index (χ4v) is 1.34. The van der Waals surface area contributed by atoms with Gasteiger partial charge in [-0.05, 0) is 12.5 Å². The summed E-state index contributed by atoms with van der Waals surface area (Å²) in [5.74, 6) is -0.566. The van der Waals surface area contributed by atoms with Crippen LogP contribution in [0.3, 0.4) is 0 Å². The summed E-state index contributed by atoms with van der Waals surface area (Å²) in [6.45, 7) is 2.08. The van der Waals surface area contributed by atoms with E-state index in [2.05, 4.69) is 10.0 Å². The Kier molecular flexibility index (Phi) is 10.5. The summed E-state index contributed by atoms with van der Waals surface area (Å²) in [5.41, 5.74) is 8.10. The fraction of sp³-hybridized carbons (Fsp3) is 0.818. The van der Waals surface area contributed by atoms with E-state index >= 15 is 0 Å². The second kappa shape index (κ2) is 11.5. The van der Waals surface area contributed by atoms with E-state index in [-0.39, 0.29) is 45.0 Å². The van der Waals surface area contributed by atoms with Crippen LogP contribution in [0.1, 0.15) is 26.2 Å². The van der Waals surface area contributed by atoms with Gasteiger partial charge in [0.25, 0.3) is 0 Å². The lowest BCUT2D eigenvalue weighted by atomic mass is 10.1. The lowest BCUT2D eigenvalue weighted by Gasteiger charge is -2.15. The minimum Gasteiger partial charge on any atom is -0.466 e. The second-order valence-corrected chi connectivity index (χ2v) is 3.65. The average Bonchev–Trinajstić information content (AvgIpc) is 2.36. The maximum absolute atomic E-state index is 11.6. The highest BCUT2D eigenvalue weighted by molar-refractivity contribution is 5.80. The van der Waals surface area contributed by atoms with Crippen molar-refractivity contribution in [2.75, 3.05) is 27.1 Å². The molecule has 0 heterocycles. The maximum Gasteiger partial charge on any atom is 0.308 e. The van der Waals surface area contributed by atoms with Crippen molar-refractivity contribution >= 4 is 11.8 Å². The quantitative estimate of drug-likeness (QED) is 0.186. The van der Waals surface area contributed by atoms with E-state index in [1.165, 1.54) is 7.11 Å². The Balaban J connectivity index is 4.20. The Morgan fingerprint density at radius 2 is 2.11 bits per heavy atom. The van der Waals surface area contributed by atoms with Gasteiger partial charge < -0.3 is 14.2 Å². The lowest BCUT2D eigenvalue weighted by molar-refractivity contribution is -0.150. The molecule has 0 aromatic heterocycles. The molecule has 0 bridgehead atoms. The van der Waals surface area contributed by atoms with Gasteiger partial charge in [0, 0.05) is 31.4 Å². The average molecular weight is 273 g/mol. The Morgan fingerprint density at radius 1 is 1.37 bits per heavy atom. The molecule has 0 rings (SSSR count). The number of carbonyl (C=O) groups is 2. The zero-order valence-electron chi connectivity index (χ0n) is 11.2. The summed E-state index contributed by atoms with van der Waals surface area (Å²) in [7, 11) is 1.45. The van der Waals surface area contributed by atoms with Crippen LogP contribution in [-0.4, -0.2) is 44.9 Å². The first-order valence-electron chi connectivity index (χ1n) is 5.92. The molecule has 0 amide bonds. The first kappa shape index (κ1) is 17.4. The van der Waals surface area contributed by atoms with Gasteiger partial charge in [-0.3, -0.25) is 9.59 Å². The standard InChI is InChI=1S/C11H19N3O5/c1-3-18-11(16)7-10(19-8-17-2)6-9(15)4-5-13-14-12/h10H,3-8H2,1-2H3. The Morgan fingerprint density at radius 3 is 2.68 bits per heavy atom. The number of nitrogens with zero attached hydrogens (tertiary/aromatic N) is 3. The summed E-state index contributed by atoms with van der Waals surface area (Å²) < 4.78 is 14.8. The van der Waals surface area contributed by atoms with E-state index in [1.54, 1.807) is 6.92 Å². The van der Waals surface area contributed by atoms with Gasteiger partial charge in [-0.25, -0.2) is 0 Å². The number of Topliss-reactive ketones (excluding diaryl/α,β-unsaturated/α-hetero) is 1. The summed E-state index contributed by atoms with van der Waals surface area (Å²) in [6, 6.07) is 0. The van der Waals surface area contributed by atoms with E-state index in [0.29, 0.717) is 0 Å². The van der Waals surface area contributed by atoms with Gasteiger partial charge in [0.15, 0.2) is 0 Å². The molecule has 1 unspecified atom stereocenters. The van der Waals surface area contributed by atoms with Crippen LogP contribution in [0.2, 0.25) is 0 Å². The second-order valence-electron chi connectivity index (χ2n) is 3.65. The van der Waals surface area contributed by atoms with Crippen LogP contribution in [0.15, 0.2) is 5.11 Å². The molecule has 108 valence electrons. The molecule has 0 aromatic carbocycles. The number of ether oxygens (including phenoxy) is 3. The van der Waals surface area contributed by atoms with E-state index in [0.717, 1.165) is 0 Å². The molecule has 0 saturated carbocycles. The van der Waals surface area contributed by atoms with Crippen LogP contribution in [0, 0.1) is 0 Å². The Bertz CT molecular complexity index is 328. The molecule has 8 heteroatoms. The summed E-state index contributed by atoms with van der Waals surface area (Å²) in [5, 5.41) is 3.27. The number of methoxy groups -OCH3 is 1. The van der Waals surface area contributed by atoms with Crippen LogP contribution in [0.25, 0.3) is 10.4 Å². The maximum atomic E-state index is 11.6. The van der Waals surface area contributed by atoms with Crippen molar-refractivity contribution in [1.82, 2.24) is 0 Å². The van der Waals surface area contributed by atoms with Gasteiger partial charge in [0.1, 0.15) is 12.6 Å². The minimum atomic E-state index is -0.586. The zero-order valence-corrected chi connectivity index (χ0v) is 11.2. The molecule has 0 aromatic rings. The van der Waals surface area contributed by atoms with Crippen LogP contribution < -0.4 is 0 Å². The number of rotatable bonds is 11. The van der Waals surface area contributed by atoms with Crippen molar-refractivity contribution < 1.29 is 23.8 Å². The highest BCUT2D eigenvalue weighted by Gasteiger charge is 2.18. The van der Waals surface area contributed by atoms with Crippen LogP contribution >= 0.6 is 0 Å². The van der Waals surface area contributed by atoms with Gasteiger partial charge >= 0.3 is 5.97 Å². The third kappa shape index (κ3) is 10.0. The van der Waals surface area contributed by atoms with Crippen molar-refractivity contribution in [3.05, 3.63) is 10.4 Å². The number of ketones is 1. The molecule has 0 aliphatic carbocycles. The number of carbonyl (C=O) groups excluding carboxylic acids is 2. The highest BCUT2D eigenvalue weighted by Crippen LogP contribution is 2.08. The molecular weight excluding hydrogens is 254 g/mol. The van der Waals surface area contributed by atoms with E-state index < -0.39 is 12.1 Å². The van der Waals surface area contributed by atoms with Crippen LogP contribution in [0.4, 0.5) is 0 Å². The van der Waals surface area contributed by atoms with Gasteiger partial charge in [-0.2, -0.15) is 0 Å². The van der Waals surface area contributed by atoms with Crippen molar-refractivity contribution in [3.8, 4) is 0 Å². The number of azide groups is 1. The molecule has 8 nitrogen and oxygen atoms in total. The van der Waals surface area contributed by atoms with Gasteiger partial charge in [-0.1, -0.05) is 5.11 Å². The summed E-state index contributed by atoms with van der Waals surface area (Å²) >= 11 is 0. The van der Waals surface area contributed by atoms with Crippen molar-refractivity contribution in [3.63, 3.8) is 0 Å². The van der Waals surface area contributed by atoms with Crippen molar-refractivity contribution in [2.45, 2.75) is 32.3 Å². The third-order valence-electron chi connectivity index (χ3n) is 2.13. The van der Waals surface area contributed by atoms with Gasteiger partial charge in [-0.15, -0.1) is 0 Å². The molecule has 1 atom stereocenters. The normalized spacial score (nSPS) is 11.5. The molecule has 0 N–H and O–H groups in total. The number of hydrogen-bond donors (Lipinski definition) is 0. The molecule has 0 radical (unpaired) electrons. The minimum absolute atomic E-state index is 0.00625. The molecule has 0 fully saturated rings. The highest BCUT2D eigenvalue weighted by atomic mass is 16.7. The van der Waals surface area contributed by atoms with Crippen molar-refractivity contribution in [1.29, 1.82) is 0 Å². The smallest absolute Gasteiger partial charge is 0.308 e. The predicted molar refractivity (Wildman–Crippen MR) is 66.3 cm³/mol. The van der Waals surface area contributed by atoms with Gasteiger partial charge in [0.05, 0.1) is 19.1 Å². The summed E-state index contributed by atoms with van der Waals surface area (Å²) in [4.78, 5) is 25.5. The molecule has 0 aliphatic heterocycles. The summed E-state index contributed by atoms with van der Waals surface area (Å²) in [6.07, 6.45) is -0.412. The van der Waals surface area contributed by atoms with Crippen molar-refractivity contribution in [2.24, 2.45) is 5.11 Å². The molecule has 0 spiro atoms. The number of hydrogen-bond acceptors (Lipinski definition) is 6. The topological polar surface area (TPSA) is 111 Å². The molecule has 0 saturated heterocycles. The zero-order chi connectivity index (χ0) is 14.5. The van der Waals surface area contributed by atoms with Crippen LogP contribution in [-0.2, 0) is 23.8 Å². The number of esters is 1. The van der Waals surface area contributed by atoms with E-state index in [1.807, 2.05) is 0 Å². The predicted octanol–water partition coefficient (Wildman–Crippen LogP) is 1.59. The molecule has 0 aliphatic rings. The van der Waals surface area contributed by atoms with Crippen LogP contribution in [0.5, 0.6) is 0 Å². The largest absolute Gasteiger partial charge is 0.466 e. The SMILES string of the molecule is CCOC(=O)CC(CC(=O)CCN=[N+]=[N-])OCOC. The molecule has 19 heavy (non-hydrogen) atoms. The van der Waals surface area contributed by atoms with E-state index in [4.69, 9.17) is 19.7 Å². The van der Waals surface area contributed by atoms with E-state index in [9.17, 15) is 9.59 Å². The molecular formula is C11H19N3O5. The van der Waals surface area contributed by atoms with Gasteiger partial charge in [0.2, 0.25) is 0 Å². The first-order valence-corrected chi connectivity index (χ1v) is 5.92. The Labute approximate surface area is 111 Å².